The molecule has 13 heteroatoms. The van der Waals surface area contributed by atoms with E-state index in [4.69, 9.17) is 16.2 Å². The number of nitrogens with zero attached hydrogens (tertiary/aromatic N) is 6. The number of morpholine rings is 1. The Bertz CT molecular complexity index is 1400. The molecule has 0 bridgehead atoms. The number of carbonyl (C=O) groups excluding carboxylic acids is 1. The number of primary amides is 1. The molecular weight excluding hydrogens is 525 g/mol. The second kappa shape index (κ2) is 10.6. The lowest BCUT2D eigenvalue weighted by molar-refractivity contribution is -0.137. The lowest BCUT2D eigenvalue weighted by Gasteiger charge is -2.38. The number of rotatable bonds is 5. The molecule has 5 rings (SSSR count). The summed E-state index contributed by atoms with van der Waals surface area (Å²) in [7, 11) is 0. The van der Waals surface area contributed by atoms with Gasteiger partial charge < -0.3 is 26.0 Å². The molecule has 1 amide bonds. The van der Waals surface area contributed by atoms with Crippen LogP contribution in [-0.4, -0.2) is 70.3 Å². The minimum absolute atomic E-state index is 0.0828. The minimum atomic E-state index is -4.72. The maximum absolute atomic E-state index is 14.1. The zero-order valence-corrected chi connectivity index (χ0v) is 22.3. The Balaban J connectivity index is 1.60. The summed E-state index contributed by atoms with van der Waals surface area (Å²) in [5.74, 6) is -0.602. The molecule has 4 N–H and O–H groups in total. The molecule has 10 nitrogen and oxygen atoms in total. The van der Waals surface area contributed by atoms with Gasteiger partial charge in [0.15, 0.2) is 5.69 Å². The van der Waals surface area contributed by atoms with Crippen molar-refractivity contribution in [3.63, 3.8) is 0 Å². The van der Waals surface area contributed by atoms with Gasteiger partial charge >= 0.3 is 6.18 Å². The van der Waals surface area contributed by atoms with E-state index in [1.807, 2.05) is 24.8 Å². The molecule has 2 saturated heterocycles. The number of aromatic nitrogens is 4. The van der Waals surface area contributed by atoms with Crippen molar-refractivity contribution in [2.45, 2.75) is 44.4 Å². The number of alkyl halides is 3. The summed E-state index contributed by atoms with van der Waals surface area (Å²) < 4.78 is 47.6. The van der Waals surface area contributed by atoms with Gasteiger partial charge in [0.05, 0.1) is 36.7 Å². The van der Waals surface area contributed by atoms with Crippen LogP contribution in [0.15, 0.2) is 36.7 Å². The molecule has 2 aliphatic heterocycles. The van der Waals surface area contributed by atoms with Crippen LogP contribution in [0.1, 0.15) is 42.7 Å². The number of ether oxygens (including phenoxy) is 1. The van der Waals surface area contributed by atoms with Crippen LogP contribution in [0.5, 0.6) is 0 Å². The van der Waals surface area contributed by atoms with Crippen LogP contribution in [0.4, 0.5) is 24.7 Å². The Labute approximate surface area is 229 Å². The van der Waals surface area contributed by atoms with Crippen LogP contribution in [0.3, 0.4) is 0 Å². The van der Waals surface area contributed by atoms with Gasteiger partial charge in [-0.2, -0.15) is 13.2 Å². The molecule has 0 spiro atoms. The first-order valence-electron chi connectivity index (χ1n) is 13.0. The first kappa shape index (κ1) is 27.7. The van der Waals surface area contributed by atoms with Gasteiger partial charge in [0.25, 0.3) is 5.91 Å². The summed E-state index contributed by atoms with van der Waals surface area (Å²) in [6.07, 6.45) is -0.494. The monoisotopic (exact) mass is 556 g/mol. The molecule has 1 unspecified atom stereocenters. The largest absolute Gasteiger partial charge is 0.418 e. The normalized spacial score (nSPS) is 19.5. The van der Waals surface area contributed by atoms with E-state index in [9.17, 15) is 18.0 Å². The fourth-order valence-corrected chi connectivity index (χ4v) is 5.04. The summed E-state index contributed by atoms with van der Waals surface area (Å²) in [4.78, 5) is 34.0. The van der Waals surface area contributed by atoms with Crippen LogP contribution < -0.4 is 21.3 Å². The lowest BCUT2D eigenvalue weighted by atomic mass is 9.90. The van der Waals surface area contributed by atoms with Crippen molar-refractivity contribution in [2.75, 3.05) is 42.6 Å². The third-order valence-corrected chi connectivity index (χ3v) is 7.35. The second-order valence-corrected chi connectivity index (χ2v) is 10.5. The van der Waals surface area contributed by atoms with E-state index in [-0.39, 0.29) is 28.7 Å². The molecule has 1 atom stereocenters. The predicted molar refractivity (Wildman–Crippen MR) is 144 cm³/mol. The molecule has 5 heterocycles. The van der Waals surface area contributed by atoms with E-state index < -0.39 is 23.3 Å². The number of anilines is 2. The summed E-state index contributed by atoms with van der Waals surface area (Å²) >= 11 is 0. The van der Waals surface area contributed by atoms with Crippen LogP contribution in [0, 0.1) is 0 Å². The molecule has 3 aromatic heterocycles. The fraction of sp³-hybridized carbons (Fsp3) is 0.444. The number of carbonyl (C=O) groups is 1. The predicted octanol–water partition coefficient (Wildman–Crippen LogP) is 3.26. The number of hydrogen-bond acceptors (Lipinski definition) is 9. The van der Waals surface area contributed by atoms with Gasteiger partial charge in [-0.25, -0.2) is 15.0 Å². The quantitative estimate of drug-likeness (QED) is 0.485. The summed E-state index contributed by atoms with van der Waals surface area (Å²) in [5, 5.41) is 0. The van der Waals surface area contributed by atoms with Crippen LogP contribution in [-0.2, 0) is 10.9 Å². The van der Waals surface area contributed by atoms with Crippen molar-refractivity contribution in [1.29, 1.82) is 0 Å². The Morgan fingerprint density at radius 2 is 1.82 bits per heavy atom. The summed E-state index contributed by atoms with van der Waals surface area (Å²) in [6.45, 7) is 6.55. The number of hydrogen-bond donors (Lipinski definition) is 2. The third kappa shape index (κ3) is 5.56. The van der Waals surface area contributed by atoms with Crippen molar-refractivity contribution < 1.29 is 22.7 Å². The van der Waals surface area contributed by atoms with Gasteiger partial charge in [-0.1, -0.05) is 0 Å². The van der Waals surface area contributed by atoms with Gasteiger partial charge in [0.1, 0.15) is 28.6 Å². The van der Waals surface area contributed by atoms with Gasteiger partial charge in [0.2, 0.25) is 0 Å². The van der Waals surface area contributed by atoms with E-state index >= 15 is 0 Å². The highest BCUT2D eigenvalue weighted by atomic mass is 19.4. The highest BCUT2D eigenvalue weighted by Gasteiger charge is 2.37. The van der Waals surface area contributed by atoms with Crippen molar-refractivity contribution in [1.82, 2.24) is 19.9 Å². The summed E-state index contributed by atoms with van der Waals surface area (Å²) in [6, 6.07) is 5.82. The van der Waals surface area contributed by atoms with Crippen molar-refractivity contribution >= 4 is 17.4 Å². The Kier molecular flexibility index (Phi) is 7.36. The molecule has 40 heavy (non-hydrogen) atoms. The highest BCUT2D eigenvalue weighted by Crippen LogP contribution is 2.38. The molecule has 2 fully saturated rings. The molecule has 0 aliphatic carbocycles. The van der Waals surface area contributed by atoms with Crippen LogP contribution in [0.25, 0.3) is 22.8 Å². The first-order valence-corrected chi connectivity index (χ1v) is 13.0. The Morgan fingerprint density at radius 1 is 1.07 bits per heavy atom. The molecular formula is C27H31F3N8O2. The number of nitrogens with two attached hydrogens (primary N) is 2. The van der Waals surface area contributed by atoms with Crippen molar-refractivity contribution in [2.24, 2.45) is 11.5 Å². The van der Waals surface area contributed by atoms with Crippen molar-refractivity contribution in [3.8, 4) is 22.8 Å². The number of piperidine rings is 1. The molecule has 2 aliphatic rings. The average Bonchev–Trinajstić information content (AvgIpc) is 2.92. The van der Waals surface area contributed by atoms with Crippen molar-refractivity contribution in [3.05, 3.63) is 47.9 Å². The smallest absolute Gasteiger partial charge is 0.377 e. The Hall–Kier alpha value is -3.84. The second-order valence-electron chi connectivity index (χ2n) is 10.5. The average molecular weight is 557 g/mol. The molecule has 0 aromatic carbocycles. The third-order valence-electron chi connectivity index (χ3n) is 7.35. The number of amides is 1. The highest BCUT2D eigenvalue weighted by molar-refractivity contribution is 5.98. The number of halogens is 3. The van der Waals surface area contributed by atoms with Gasteiger partial charge in [-0.3, -0.25) is 9.78 Å². The lowest BCUT2D eigenvalue weighted by Crippen LogP contribution is -2.48. The molecule has 0 radical (unpaired) electrons. The van der Waals surface area contributed by atoms with Gasteiger partial charge in [-0.05, 0) is 51.0 Å². The topological polar surface area (TPSA) is 136 Å². The maximum atomic E-state index is 14.1. The molecule has 0 saturated carbocycles. The standard InChI is InChI=1S/C27H31F3N8O2/c1-16-15-40-13-12-38(16)20-6-5-17(27(28,29)30)21(36-20)18-14-34-23(24(35-18)25(31)39)22-19(4-3-9-33-22)37-10-7-26(2,32)8-11-37/h3-6,9,14,16H,7-8,10-13,15,32H2,1-2H3,(H2,31,39). The Morgan fingerprint density at radius 3 is 2.50 bits per heavy atom. The van der Waals surface area contributed by atoms with Crippen LogP contribution >= 0.6 is 0 Å². The fourth-order valence-electron chi connectivity index (χ4n) is 5.04. The zero-order chi connectivity index (χ0) is 28.7. The van der Waals surface area contributed by atoms with E-state index in [1.54, 1.807) is 12.3 Å². The number of pyridine rings is 2. The minimum Gasteiger partial charge on any atom is -0.377 e. The first-order chi connectivity index (χ1) is 18.9. The molecule has 212 valence electrons. The van der Waals surface area contributed by atoms with E-state index in [0.29, 0.717) is 50.0 Å². The molecule has 3 aromatic rings. The maximum Gasteiger partial charge on any atom is 0.418 e. The van der Waals surface area contributed by atoms with E-state index in [0.717, 1.165) is 18.9 Å². The van der Waals surface area contributed by atoms with Gasteiger partial charge in [-0.15, -0.1) is 0 Å². The SMILES string of the molecule is CC1COCCN1c1ccc(C(F)(F)F)c(-c2cnc(-c3ncccc3N3CCC(C)(N)CC3)c(C(N)=O)n2)n1. The summed E-state index contributed by atoms with van der Waals surface area (Å²) in [5.41, 5.74) is 10.9. The van der Waals surface area contributed by atoms with E-state index in [2.05, 4.69) is 24.8 Å². The van der Waals surface area contributed by atoms with E-state index in [1.165, 1.54) is 12.3 Å². The van der Waals surface area contributed by atoms with Gasteiger partial charge in [0, 0.05) is 31.4 Å². The zero-order valence-electron chi connectivity index (χ0n) is 22.3. The van der Waals surface area contributed by atoms with Crippen LogP contribution in [0.2, 0.25) is 0 Å².